The summed E-state index contributed by atoms with van der Waals surface area (Å²) in [5, 5.41) is 0. The van der Waals surface area contributed by atoms with Gasteiger partial charge >= 0.3 is 17.9 Å². The second kappa shape index (κ2) is 50.2. The summed E-state index contributed by atoms with van der Waals surface area (Å²) in [5.41, 5.74) is 0. The molecule has 354 valence electrons. The predicted octanol–water partition coefficient (Wildman–Crippen LogP) is 16.8. The van der Waals surface area contributed by atoms with E-state index >= 15 is 0 Å². The van der Waals surface area contributed by atoms with E-state index in [0.29, 0.717) is 19.3 Å². The van der Waals surface area contributed by atoms with Crippen LogP contribution in [0, 0.1) is 0 Å². The molecule has 0 amide bonds. The van der Waals surface area contributed by atoms with Crippen LogP contribution in [0.2, 0.25) is 0 Å². The first-order valence-corrected chi connectivity index (χ1v) is 25.6. The minimum absolute atomic E-state index is 0.0912. The third-order valence-corrected chi connectivity index (χ3v) is 10.6. The van der Waals surface area contributed by atoms with Gasteiger partial charge in [-0.25, -0.2) is 0 Å². The van der Waals surface area contributed by atoms with E-state index in [-0.39, 0.29) is 31.1 Å². The molecular weight excluding hydrogens is 769 g/mol. The van der Waals surface area contributed by atoms with Gasteiger partial charge in [-0.3, -0.25) is 14.4 Å². The summed E-state index contributed by atoms with van der Waals surface area (Å²) in [6.07, 6.45) is 64.2. The van der Waals surface area contributed by atoms with E-state index in [9.17, 15) is 14.4 Å². The predicted molar refractivity (Wildman–Crippen MR) is 265 cm³/mol. The topological polar surface area (TPSA) is 78.9 Å². The standard InChI is InChI=1S/C56H94O6/c1-4-7-10-13-16-19-22-24-25-26-27-28-29-30-31-32-35-37-40-43-46-49-55(58)61-52-53(51-60-54(57)48-45-42-39-36-33-21-18-15-12-9-6-3)62-56(59)50-47-44-41-38-34-23-20-17-14-11-8-5-2/h7,10,15-20,24-25,27-28,30-31,53H,4-6,8-9,11-14,21-23,26,29,32-52H2,1-3H3/b10-7-,18-15-,19-16-,20-17-,25-24-,28-27-,31-30-. The molecule has 1 atom stereocenters. The molecule has 0 aromatic carbocycles. The van der Waals surface area contributed by atoms with Crippen molar-refractivity contribution in [2.75, 3.05) is 13.2 Å². The van der Waals surface area contributed by atoms with E-state index in [0.717, 1.165) is 128 Å². The second-order valence-corrected chi connectivity index (χ2v) is 16.7. The van der Waals surface area contributed by atoms with Crippen molar-refractivity contribution in [3.05, 3.63) is 85.1 Å². The highest BCUT2D eigenvalue weighted by molar-refractivity contribution is 5.71. The number of hydrogen-bond donors (Lipinski definition) is 0. The SMILES string of the molecule is CC/C=C\C/C=C\C/C=C\C/C=C\C/C=C\CCCCCCCC(=O)OCC(COC(=O)CCCCCCC/C=C\CCCC)OC(=O)CCCCCCC/C=C\CCCCC. The van der Waals surface area contributed by atoms with Gasteiger partial charge in [-0.2, -0.15) is 0 Å². The minimum atomic E-state index is -0.791. The molecule has 0 rings (SSSR count). The molecule has 62 heavy (non-hydrogen) atoms. The molecule has 0 fully saturated rings. The second-order valence-electron chi connectivity index (χ2n) is 16.7. The molecule has 0 saturated heterocycles. The van der Waals surface area contributed by atoms with Gasteiger partial charge in [0.1, 0.15) is 13.2 Å². The lowest BCUT2D eigenvalue weighted by Gasteiger charge is -2.18. The van der Waals surface area contributed by atoms with Crippen LogP contribution < -0.4 is 0 Å². The van der Waals surface area contributed by atoms with E-state index in [2.05, 4.69) is 106 Å². The summed E-state index contributed by atoms with van der Waals surface area (Å²) in [5.74, 6) is -0.932. The van der Waals surface area contributed by atoms with E-state index in [1.54, 1.807) is 0 Å². The molecule has 0 spiro atoms. The normalized spacial score (nSPS) is 12.8. The van der Waals surface area contributed by atoms with Crippen molar-refractivity contribution in [1.29, 1.82) is 0 Å². The fraction of sp³-hybridized carbons (Fsp3) is 0.696. The van der Waals surface area contributed by atoms with E-state index in [1.807, 2.05) is 0 Å². The van der Waals surface area contributed by atoms with E-state index in [1.165, 1.54) is 64.2 Å². The van der Waals surface area contributed by atoms with Crippen LogP contribution in [-0.4, -0.2) is 37.2 Å². The van der Waals surface area contributed by atoms with Crippen molar-refractivity contribution in [3.8, 4) is 0 Å². The third kappa shape index (κ3) is 47.6. The Morgan fingerprint density at radius 2 is 0.645 bits per heavy atom. The Labute approximate surface area is 382 Å². The maximum Gasteiger partial charge on any atom is 0.306 e. The molecule has 0 N–H and O–H groups in total. The summed E-state index contributed by atoms with van der Waals surface area (Å²) >= 11 is 0. The van der Waals surface area contributed by atoms with Gasteiger partial charge in [0.05, 0.1) is 0 Å². The molecule has 6 nitrogen and oxygen atoms in total. The van der Waals surface area contributed by atoms with Crippen LogP contribution in [0.4, 0.5) is 0 Å². The number of carbonyl (C=O) groups is 3. The van der Waals surface area contributed by atoms with Crippen LogP contribution in [0.15, 0.2) is 85.1 Å². The molecule has 6 heteroatoms. The molecule has 0 aliphatic rings. The van der Waals surface area contributed by atoms with Gasteiger partial charge in [0.25, 0.3) is 0 Å². The minimum Gasteiger partial charge on any atom is -0.462 e. The Morgan fingerprint density at radius 3 is 1.05 bits per heavy atom. The lowest BCUT2D eigenvalue weighted by atomic mass is 10.1. The summed E-state index contributed by atoms with van der Waals surface area (Å²) in [4.78, 5) is 37.9. The zero-order chi connectivity index (χ0) is 45.1. The first kappa shape index (κ1) is 58.6. The van der Waals surface area contributed by atoms with Gasteiger partial charge in [-0.1, -0.05) is 189 Å². The smallest absolute Gasteiger partial charge is 0.306 e. The van der Waals surface area contributed by atoms with Crippen LogP contribution in [0.3, 0.4) is 0 Å². The van der Waals surface area contributed by atoms with Crippen molar-refractivity contribution < 1.29 is 28.6 Å². The maximum absolute atomic E-state index is 12.8. The van der Waals surface area contributed by atoms with Crippen molar-refractivity contribution in [2.24, 2.45) is 0 Å². The maximum atomic E-state index is 12.8. The summed E-state index contributed by atoms with van der Waals surface area (Å²) < 4.78 is 16.7. The monoisotopic (exact) mass is 863 g/mol. The molecule has 1 unspecified atom stereocenters. The molecule has 0 saturated carbocycles. The molecule has 0 aliphatic carbocycles. The van der Waals surface area contributed by atoms with Crippen molar-refractivity contribution in [3.63, 3.8) is 0 Å². The largest absolute Gasteiger partial charge is 0.462 e. The number of ether oxygens (including phenoxy) is 3. The van der Waals surface area contributed by atoms with Crippen molar-refractivity contribution in [2.45, 2.75) is 239 Å². The van der Waals surface area contributed by atoms with Gasteiger partial charge in [0, 0.05) is 19.3 Å². The number of allylic oxidation sites excluding steroid dienone is 14. The summed E-state index contributed by atoms with van der Waals surface area (Å²) in [7, 11) is 0. The lowest BCUT2D eigenvalue weighted by molar-refractivity contribution is -0.167. The van der Waals surface area contributed by atoms with Crippen LogP contribution >= 0.6 is 0 Å². The fourth-order valence-corrected chi connectivity index (χ4v) is 6.74. The first-order valence-electron chi connectivity index (χ1n) is 25.6. The number of esters is 3. The van der Waals surface area contributed by atoms with E-state index in [4.69, 9.17) is 14.2 Å². The number of rotatable bonds is 45. The van der Waals surface area contributed by atoms with Crippen LogP contribution in [-0.2, 0) is 28.6 Å². The Hall–Kier alpha value is -3.41. The number of unbranched alkanes of at least 4 members (excludes halogenated alkanes) is 20. The van der Waals surface area contributed by atoms with Gasteiger partial charge in [0.2, 0.25) is 0 Å². The molecular formula is C56H94O6. The lowest BCUT2D eigenvalue weighted by Crippen LogP contribution is -2.30. The molecule has 0 radical (unpaired) electrons. The molecule has 0 aromatic heterocycles. The van der Waals surface area contributed by atoms with Gasteiger partial charge in [-0.15, -0.1) is 0 Å². The van der Waals surface area contributed by atoms with Crippen LogP contribution in [0.1, 0.15) is 233 Å². The van der Waals surface area contributed by atoms with Crippen molar-refractivity contribution in [1.82, 2.24) is 0 Å². The molecule has 0 heterocycles. The highest BCUT2D eigenvalue weighted by atomic mass is 16.6. The highest BCUT2D eigenvalue weighted by Crippen LogP contribution is 2.13. The van der Waals surface area contributed by atoms with Crippen molar-refractivity contribution >= 4 is 17.9 Å². The summed E-state index contributed by atoms with van der Waals surface area (Å²) in [6.45, 7) is 6.42. The third-order valence-electron chi connectivity index (χ3n) is 10.6. The van der Waals surface area contributed by atoms with Gasteiger partial charge < -0.3 is 14.2 Å². The van der Waals surface area contributed by atoms with Gasteiger partial charge in [-0.05, 0) is 109 Å². The fourth-order valence-electron chi connectivity index (χ4n) is 6.74. The number of hydrogen-bond acceptors (Lipinski definition) is 6. The quantitative estimate of drug-likeness (QED) is 0.0263. The Morgan fingerprint density at radius 1 is 0.339 bits per heavy atom. The average molecular weight is 863 g/mol. The number of carbonyl (C=O) groups excluding carboxylic acids is 3. The molecule has 0 aromatic rings. The summed E-state index contributed by atoms with van der Waals surface area (Å²) in [6, 6.07) is 0. The Balaban J connectivity index is 4.38. The molecule has 0 bridgehead atoms. The zero-order valence-electron chi connectivity index (χ0n) is 40.4. The Kier molecular flexibility index (Phi) is 47.5. The molecule has 0 aliphatic heterocycles. The zero-order valence-corrected chi connectivity index (χ0v) is 40.4. The highest BCUT2D eigenvalue weighted by Gasteiger charge is 2.19. The van der Waals surface area contributed by atoms with Gasteiger partial charge in [0.15, 0.2) is 6.10 Å². The van der Waals surface area contributed by atoms with E-state index < -0.39 is 6.10 Å². The Bertz CT molecular complexity index is 1220. The van der Waals surface area contributed by atoms with Crippen LogP contribution in [0.5, 0.6) is 0 Å². The average Bonchev–Trinajstić information content (AvgIpc) is 3.27. The first-order chi connectivity index (χ1) is 30.5. The van der Waals surface area contributed by atoms with Crippen LogP contribution in [0.25, 0.3) is 0 Å².